The number of thiophene rings is 1. The molecule has 2 unspecified atom stereocenters. The third-order valence-corrected chi connectivity index (χ3v) is 7.77. The lowest BCUT2D eigenvalue weighted by Crippen LogP contribution is -2.52. The number of likely N-dealkylation sites (tertiary alicyclic amines) is 1. The first-order valence-corrected chi connectivity index (χ1v) is 13.0. The molecule has 4 heterocycles. The Labute approximate surface area is 218 Å². The Morgan fingerprint density at radius 2 is 2.17 bits per heavy atom. The van der Waals surface area contributed by atoms with Gasteiger partial charge in [0.05, 0.1) is 34.1 Å². The molecule has 3 aromatic rings. The molecule has 0 aliphatic carbocycles. The third kappa shape index (κ3) is 5.49. The van der Waals surface area contributed by atoms with Gasteiger partial charge in [0, 0.05) is 31.6 Å². The van der Waals surface area contributed by atoms with Crippen molar-refractivity contribution in [3.63, 3.8) is 0 Å². The summed E-state index contributed by atoms with van der Waals surface area (Å²) in [5, 5.41) is 14.4. The van der Waals surface area contributed by atoms with Crippen LogP contribution in [0.25, 0.3) is 10.6 Å². The normalized spacial score (nSPS) is 18.7. The predicted octanol–water partition coefficient (Wildman–Crippen LogP) is 3.63. The van der Waals surface area contributed by atoms with Gasteiger partial charge in [-0.1, -0.05) is 16.8 Å². The second kappa shape index (κ2) is 11.1. The molecular weight excluding hydrogens is 506 g/mol. The van der Waals surface area contributed by atoms with Crippen molar-refractivity contribution in [2.75, 3.05) is 20.3 Å². The van der Waals surface area contributed by atoms with Crippen LogP contribution in [0.5, 0.6) is 0 Å². The summed E-state index contributed by atoms with van der Waals surface area (Å²) >= 11 is 7.41. The van der Waals surface area contributed by atoms with E-state index in [1.807, 2.05) is 19.9 Å². The second-order valence-electron chi connectivity index (χ2n) is 9.15. The highest BCUT2D eigenvalue weighted by Crippen LogP contribution is 2.35. The lowest BCUT2D eigenvalue weighted by atomic mass is 9.86. The van der Waals surface area contributed by atoms with Gasteiger partial charge in [-0.05, 0) is 45.4 Å². The van der Waals surface area contributed by atoms with Crippen LogP contribution in [0.4, 0.5) is 0 Å². The van der Waals surface area contributed by atoms with Gasteiger partial charge in [0.2, 0.25) is 5.91 Å². The fourth-order valence-corrected chi connectivity index (χ4v) is 5.82. The Hall–Kier alpha value is -2.73. The monoisotopic (exact) mass is 535 g/mol. The number of halogens is 1. The fourth-order valence-electron chi connectivity index (χ4n) is 4.82. The number of aromatic nitrogens is 3. The van der Waals surface area contributed by atoms with E-state index in [1.54, 1.807) is 23.8 Å². The number of piperidine rings is 1. The van der Waals surface area contributed by atoms with E-state index in [9.17, 15) is 14.7 Å². The number of hydrogen-bond donors (Lipinski definition) is 2. The van der Waals surface area contributed by atoms with Gasteiger partial charge in [-0.25, -0.2) is 9.78 Å². The van der Waals surface area contributed by atoms with E-state index in [0.717, 1.165) is 4.88 Å². The summed E-state index contributed by atoms with van der Waals surface area (Å²) in [6.07, 6.45) is 1.52. The number of nitrogens with two attached hydrogens (primary N) is 1. The number of carboxylic acids is 1. The molecule has 10 nitrogen and oxygen atoms in total. The van der Waals surface area contributed by atoms with Crippen LogP contribution >= 0.6 is 22.9 Å². The van der Waals surface area contributed by atoms with E-state index in [2.05, 4.69) is 10.1 Å². The SMILES string of the molecule is COCCc1nc(C2CCN(C(C)C)C(C(N)=O)C2)c(C(=O)O)n1Cc1cc(-c2ccc(Cl)s2)on1. The van der Waals surface area contributed by atoms with E-state index in [-0.39, 0.29) is 24.2 Å². The number of carbonyl (C=O) groups excluding carboxylic acids is 1. The maximum Gasteiger partial charge on any atom is 0.354 e. The maximum atomic E-state index is 12.5. The molecule has 3 aromatic heterocycles. The van der Waals surface area contributed by atoms with E-state index in [4.69, 9.17) is 31.6 Å². The number of amides is 1. The minimum absolute atomic E-state index is 0.0936. The molecule has 1 aliphatic rings. The first kappa shape index (κ1) is 26.3. The van der Waals surface area contributed by atoms with Crippen LogP contribution in [0.3, 0.4) is 0 Å². The molecule has 0 radical (unpaired) electrons. The van der Waals surface area contributed by atoms with Crippen molar-refractivity contribution in [1.82, 2.24) is 19.6 Å². The average molecular weight is 536 g/mol. The summed E-state index contributed by atoms with van der Waals surface area (Å²) in [4.78, 5) is 32.4. The molecule has 1 fully saturated rings. The van der Waals surface area contributed by atoms with Crippen molar-refractivity contribution < 1.29 is 24.0 Å². The van der Waals surface area contributed by atoms with Gasteiger partial charge in [-0.2, -0.15) is 0 Å². The molecule has 36 heavy (non-hydrogen) atoms. The highest BCUT2D eigenvalue weighted by molar-refractivity contribution is 7.19. The van der Waals surface area contributed by atoms with Crippen LogP contribution in [0.15, 0.2) is 22.7 Å². The first-order valence-electron chi connectivity index (χ1n) is 11.8. The summed E-state index contributed by atoms with van der Waals surface area (Å²) < 4.78 is 13.0. The Morgan fingerprint density at radius 3 is 2.78 bits per heavy atom. The quantitative estimate of drug-likeness (QED) is 0.401. The molecule has 1 aliphatic heterocycles. The first-order chi connectivity index (χ1) is 17.2. The number of aromatic carboxylic acids is 1. The van der Waals surface area contributed by atoms with E-state index in [1.165, 1.54) is 11.3 Å². The molecule has 4 rings (SSSR count). The van der Waals surface area contributed by atoms with Crippen molar-refractivity contribution in [2.24, 2.45) is 5.73 Å². The number of imidazole rings is 1. The summed E-state index contributed by atoms with van der Waals surface area (Å²) in [5.41, 5.74) is 6.85. The second-order valence-corrected chi connectivity index (χ2v) is 10.9. The number of primary amides is 1. The zero-order valence-corrected chi connectivity index (χ0v) is 22.0. The number of hydrogen-bond acceptors (Lipinski definition) is 8. The van der Waals surface area contributed by atoms with Crippen LogP contribution < -0.4 is 5.73 Å². The van der Waals surface area contributed by atoms with E-state index in [0.29, 0.717) is 59.7 Å². The third-order valence-electron chi connectivity index (χ3n) is 6.52. The molecule has 194 valence electrons. The highest BCUT2D eigenvalue weighted by atomic mass is 35.5. The molecular formula is C24H30ClN5O5S. The van der Waals surface area contributed by atoms with Crippen LogP contribution in [0, 0.1) is 0 Å². The maximum absolute atomic E-state index is 12.5. The number of nitrogens with zero attached hydrogens (tertiary/aromatic N) is 4. The molecule has 3 N–H and O–H groups in total. The van der Waals surface area contributed by atoms with Gasteiger partial charge in [-0.15, -0.1) is 11.3 Å². The van der Waals surface area contributed by atoms with Gasteiger partial charge >= 0.3 is 5.97 Å². The van der Waals surface area contributed by atoms with Crippen LogP contribution in [0.1, 0.15) is 60.3 Å². The molecule has 1 saturated heterocycles. The minimum atomic E-state index is -1.09. The minimum Gasteiger partial charge on any atom is -0.477 e. The lowest BCUT2D eigenvalue weighted by molar-refractivity contribution is -0.125. The van der Waals surface area contributed by atoms with Gasteiger partial charge < -0.3 is 24.7 Å². The number of carboxylic acid groups (broad SMARTS) is 1. The van der Waals surface area contributed by atoms with Gasteiger partial charge in [0.25, 0.3) is 0 Å². The summed E-state index contributed by atoms with van der Waals surface area (Å²) in [6, 6.07) is 5.07. The number of rotatable bonds is 10. The van der Waals surface area contributed by atoms with Crippen molar-refractivity contribution in [1.29, 1.82) is 0 Å². The number of carbonyl (C=O) groups is 2. The van der Waals surface area contributed by atoms with Crippen molar-refractivity contribution >= 4 is 34.8 Å². The zero-order valence-electron chi connectivity index (χ0n) is 20.4. The molecule has 0 saturated carbocycles. The fraction of sp³-hybridized carbons (Fsp3) is 0.500. The Bertz CT molecular complexity index is 1240. The molecule has 0 spiro atoms. The van der Waals surface area contributed by atoms with Crippen molar-refractivity contribution in [3.05, 3.63) is 45.4 Å². The highest BCUT2D eigenvalue weighted by Gasteiger charge is 2.38. The summed E-state index contributed by atoms with van der Waals surface area (Å²) in [6.45, 7) is 5.22. The summed E-state index contributed by atoms with van der Waals surface area (Å²) in [7, 11) is 1.58. The zero-order chi connectivity index (χ0) is 26.0. The van der Waals surface area contributed by atoms with Crippen molar-refractivity contribution in [2.45, 2.75) is 57.7 Å². The molecule has 1 amide bonds. The Kier molecular flexibility index (Phi) is 8.13. The van der Waals surface area contributed by atoms with E-state index >= 15 is 0 Å². The largest absolute Gasteiger partial charge is 0.477 e. The van der Waals surface area contributed by atoms with Crippen LogP contribution in [0.2, 0.25) is 4.34 Å². The smallest absolute Gasteiger partial charge is 0.354 e. The molecule has 0 aromatic carbocycles. The number of ether oxygens (including phenoxy) is 1. The Morgan fingerprint density at radius 1 is 1.39 bits per heavy atom. The standard InChI is InChI=1S/C24H30ClN5O5S/c1-13(2)29-8-6-14(10-16(29)23(26)31)21-22(24(32)33)30(20(27-21)7-9-34-3)12-15-11-17(35-28-15)18-4-5-19(25)36-18/h4-5,11,13-14,16H,6-10,12H2,1-3H3,(H2,26,31)(H,32,33). The van der Waals surface area contributed by atoms with Gasteiger partial charge in [0.15, 0.2) is 11.5 Å². The van der Waals surface area contributed by atoms with Gasteiger partial charge in [0.1, 0.15) is 11.5 Å². The Balaban J connectivity index is 1.69. The average Bonchev–Trinajstić information content (AvgIpc) is 3.56. The number of methoxy groups -OCH3 is 1. The lowest BCUT2D eigenvalue weighted by Gasteiger charge is -2.39. The van der Waals surface area contributed by atoms with Crippen LogP contribution in [-0.4, -0.2) is 68.9 Å². The molecule has 12 heteroatoms. The predicted molar refractivity (Wildman–Crippen MR) is 135 cm³/mol. The topological polar surface area (TPSA) is 137 Å². The van der Waals surface area contributed by atoms with Crippen LogP contribution in [-0.2, 0) is 22.5 Å². The summed E-state index contributed by atoms with van der Waals surface area (Å²) in [5.74, 6) is -0.574. The van der Waals surface area contributed by atoms with E-state index < -0.39 is 17.9 Å². The van der Waals surface area contributed by atoms with Gasteiger partial charge in [-0.3, -0.25) is 9.69 Å². The molecule has 2 atom stereocenters. The molecule has 0 bridgehead atoms. The van der Waals surface area contributed by atoms with Crippen molar-refractivity contribution in [3.8, 4) is 10.6 Å².